The van der Waals surface area contributed by atoms with E-state index in [1.54, 1.807) is 7.11 Å². The normalized spacial score (nSPS) is 10.9. The first kappa shape index (κ1) is 17.5. The van der Waals surface area contributed by atoms with Gasteiger partial charge in [0, 0.05) is 32.5 Å². The molecule has 0 aliphatic rings. The lowest BCUT2D eigenvalue weighted by atomic mass is 10.2. The molecule has 0 aromatic heterocycles. The molecule has 1 rings (SSSR count). The molecule has 0 radical (unpaired) electrons. The number of ether oxygens (including phenoxy) is 4. The van der Waals surface area contributed by atoms with Gasteiger partial charge in [0.1, 0.15) is 12.4 Å². The van der Waals surface area contributed by atoms with Gasteiger partial charge in [0.2, 0.25) is 0 Å². The fourth-order valence-corrected chi connectivity index (χ4v) is 1.64. The summed E-state index contributed by atoms with van der Waals surface area (Å²) in [5, 5.41) is 0. The van der Waals surface area contributed by atoms with Gasteiger partial charge in [-0.2, -0.15) is 0 Å². The molecule has 0 atom stereocenters. The lowest BCUT2D eigenvalue weighted by Gasteiger charge is -2.14. The van der Waals surface area contributed by atoms with E-state index in [1.807, 2.05) is 13.8 Å². The quantitative estimate of drug-likeness (QED) is 0.531. The van der Waals surface area contributed by atoms with E-state index in [9.17, 15) is 4.39 Å². The van der Waals surface area contributed by atoms with Crippen molar-refractivity contribution in [2.75, 3.05) is 39.3 Å². The summed E-state index contributed by atoms with van der Waals surface area (Å²) in [7, 11) is 1.65. The van der Waals surface area contributed by atoms with Crippen molar-refractivity contribution in [3.05, 3.63) is 17.9 Å². The molecule has 0 aliphatic heterocycles. The Morgan fingerprint density at radius 2 is 1.86 bits per heavy atom. The van der Waals surface area contributed by atoms with Crippen LogP contribution in [0.25, 0.3) is 0 Å². The molecule has 0 saturated heterocycles. The van der Waals surface area contributed by atoms with E-state index in [0.29, 0.717) is 32.2 Å². The fourth-order valence-electron chi connectivity index (χ4n) is 1.64. The molecule has 0 fully saturated rings. The molecular formula is C15H24FNO4. The fraction of sp³-hybridized carbons (Fsp3) is 0.600. The second kappa shape index (κ2) is 9.41. The van der Waals surface area contributed by atoms with Gasteiger partial charge in [0.15, 0.2) is 11.6 Å². The Bertz CT molecular complexity index is 426. The summed E-state index contributed by atoms with van der Waals surface area (Å²) in [6.07, 6.45) is 0.710. The van der Waals surface area contributed by atoms with E-state index in [-0.39, 0.29) is 17.5 Å². The Morgan fingerprint density at radius 3 is 2.52 bits per heavy atom. The summed E-state index contributed by atoms with van der Waals surface area (Å²) >= 11 is 0. The predicted molar refractivity (Wildman–Crippen MR) is 79.4 cm³/mol. The third kappa shape index (κ3) is 6.64. The first-order valence-corrected chi connectivity index (χ1v) is 6.99. The number of nitrogens with two attached hydrogens (primary N) is 1. The van der Waals surface area contributed by atoms with E-state index in [2.05, 4.69) is 0 Å². The topological polar surface area (TPSA) is 62.9 Å². The number of hydrogen-bond acceptors (Lipinski definition) is 5. The maximum Gasteiger partial charge on any atom is 0.167 e. The molecule has 1 aromatic rings. The molecular weight excluding hydrogens is 277 g/mol. The number of benzene rings is 1. The summed E-state index contributed by atoms with van der Waals surface area (Å²) in [6, 6.07) is 2.67. The number of nitrogen functional groups attached to an aromatic ring is 1. The van der Waals surface area contributed by atoms with Crippen LogP contribution in [-0.4, -0.2) is 39.6 Å². The highest BCUT2D eigenvalue weighted by Gasteiger charge is 2.11. The summed E-state index contributed by atoms with van der Waals surface area (Å²) in [5.41, 5.74) is 5.96. The lowest BCUT2D eigenvalue weighted by Crippen LogP contribution is -2.11. The van der Waals surface area contributed by atoms with E-state index < -0.39 is 5.82 Å². The zero-order chi connectivity index (χ0) is 15.7. The molecule has 0 saturated carbocycles. The number of hydrogen-bond donors (Lipinski definition) is 1. The van der Waals surface area contributed by atoms with Crippen LogP contribution in [0.3, 0.4) is 0 Å². The summed E-state index contributed by atoms with van der Waals surface area (Å²) in [6.45, 7) is 5.69. The third-order valence-corrected chi connectivity index (χ3v) is 2.55. The Balaban J connectivity index is 2.43. The Kier molecular flexibility index (Phi) is 7.85. The van der Waals surface area contributed by atoms with Gasteiger partial charge < -0.3 is 24.7 Å². The Morgan fingerprint density at radius 1 is 1.10 bits per heavy atom. The van der Waals surface area contributed by atoms with Crippen molar-refractivity contribution in [3.63, 3.8) is 0 Å². The average molecular weight is 301 g/mol. The summed E-state index contributed by atoms with van der Waals surface area (Å²) in [5.74, 6) is 0.0344. The summed E-state index contributed by atoms with van der Waals surface area (Å²) < 4.78 is 34.8. The molecule has 6 heteroatoms. The van der Waals surface area contributed by atoms with Gasteiger partial charge in [-0.15, -0.1) is 0 Å². The van der Waals surface area contributed by atoms with Crippen LogP contribution in [0.2, 0.25) is 0 Å². The number of halogens is 1. The lowest BCUT2D eigenvalue weighted by molar-refractivity contribution is 0.0807. The molecule has 0 spiro atoms. The first-order chi connectivity index (χ1) is 10.0. The Labute approximate surface area is 125 Å². The molecule has 0 aliphatic carbocycles. The van der Waals surface area contributed by atoms with Crippen molar-refractivity contribution in [1.82, 2.24) is 0 Å². The molecule has 21 heavy (non-hydrogen) atoms. The van der Waals surface area contributed by atoms with Crippen molar-refractivity contribution in [1.29, 1.82) is 0 Å². The average Bonchev–Trinajstić information content (AvgIpc) is 2.42. The summed E-state index contributed by atoms with van der Waals surface area (Å²) in [4.78, 5) is 0. The van der Waals surface area contributed by atoms with Crippen molar-refractivity contribution >= 4 is 5.69 Å². The SMILES string of the molecule is COCCCOCCOc1cc(OC(C)C)c(F)cc1N. The Hall–Kier alpha value is -1.53. The van der Waals surface area contributed by atoms with E-state index in [1.165, 1.54) is 12.1 Å². The maximum absolute atomic E-state index is 13.7. The standard InChI is InChI=1S/C15H24FNO4/c1-11(2)21-14-10-15(13(17)9-12(14)16)20-8-7-19-6-4-5-18-3/h9-11H,4-8,17H2,1-3H3. The van der Waals surface area contributed by atoms with Crippen molar-refractivity contribution in [3.8, 4) is 11.5 Å². The first-order valence-electron chi connectivity index (χ1n) is 6.99. The molecule has 0 unspecified atom stereocenters. The minimum atomic E-state index is -0.496. The van der Waals surface area contributed by atoms with E-state index in [0.717, 1.165) is 6.42 Å². The van der Waals surface area contributed by atoms with Gasteiger partial charge in [-0.05, 0) is 20.3 Å². The largest absolute Gasteiger partial charge is 0.489 e. The maximum atomic E-state index is 13.7. The molecule has 0 bridgehead atoms. The zero-order valence-electron chi connectivity index (χ0n) is 12.9. The number of rotatable bonds is 10. The van der Waals surface area contributed by atoms with Gasteiger partial charge in [-0.3, -0.25) is 0 Å². The predicted octanol–water partition coefficient (Wildman–Crippen LogP) is 2.63. The second-order valence-electron chi connectivity index (χ2n) is 4.79. The van der Waals surface area contributed by atoms with Gasteiger partial charge in [-0.25, -0.2) is 4.39 Å². The van der Waals surface area contributed by atoms with Gasteiger partial charge in [0.05, 0.1) is 18.4 Å². The van der Waals surface area contributed by atoms with Crippen LogP contribution in [0.5, 0.6) is 11.5 Å². The van der Waals surface area contributed by atoms with Crippen LogP contribution < -0.4 is 15.2 Å². The van der Waals surface area contributed by atoms with Crippen molar-refractivity contribution in [2.45, 2.75) is 26.4 Å². The molecule has 120 valence electrons. The minimum absolute atomic E-state index is 0.125. The van der Waals surface area contributed by atoms with Crippen LogP contribution >= 0.6 is 0 Å². The van der Waals surface area contributed by atoms with Crippen LogP contribution in [-0.2, 0) is 9.47 Å². The number of methoxy groups -OCH3 is 1. The molecule has 5 nitrogen and oxygen atoms in total. The highest BCUT2D eigenvalue weighted by atomic mass is 19.1. The monoisotopic (exact) mass is 301 g/mol. The number of anilines is 1. The van der Waals surface area contributed by atoms with E-state index >= 15 is 0 Å². The molecule has 1 aromatic carbocycles. The van der Waals surface area contributed by atoms with Gasteiger partial charge in [0.25, 0.3) is 0 Å². The van der Waals surface area contributed by atoms with Crippen molar-refractivity contribution in [2.24, 2.45) is 0 Å². The van der Waals surface area contributed by atoms with E-state index in [4.69, 9.17) is 24.7 Å². The molecule has 2 N–H and O–H groups in total. The molecule has 0 amide bonds. The third-order valence-electron chi connectivity index (χ3n) is 2.55. The zero-order valence-corrected chi connectivity index (χ0v) is 12.9. The van der Waals surface area contributed by atoms with Gasteiger partial charge in [-0.1, -0.05) is 0 Å². The van der Waals surface area contributed by atoms with Crippen molar-refractivity contribution < 1.29 is 23.3 Å². The minimum Gasteiger partial charge on any atom is -0.489 e. The van der Waals surface area contributed by atoms with Crippen LogP contribution in [0, 0.1) is 5.82 Å². The van der Waals surface area contributed by atoms with Crippen LogP contribution in [0.4, 0.5) is 10.1 Å². The smallest absolute Gasteiger partial charge is 0.167 e. The highest BCUT2D eigenvalue weighted by molar-refractivity contribution is 5.56. The highest BCUT2D eigenvalue weighted by Crippen LogP contribution is 2.30. The second-order valence-corrected chi connectivity index (χ2v) is 4.79. The van der Waals surface area contributed by atoms with Crippen LogP contribution in [0.1, 0.15) is 20.3 Å². The van der Waals surface area contributed by atoms with Crippen LogP contribution in [0.15, 0.2) is 12.1 Å². The molecule has 0 heterocycles. The van der Waals surface area contributed by atoms with Gasteiger partial charge >= 0.3 is 0 Å².